The maximum absolute atomic E-state index is 14.4. The smallest absolute Gasteiger partial charge is 0.431 e. The van der Waals surface area contributed by atoms with Gasteiger partial charge in [-0.3, -0.25) is 0 Å². The molecule has 0 fully saturated rings. The van der Waals surface area contributed by atoms with Crippen molar-refractivity contribution in [2.45, 2.75) is 43.7 Å². The van der Waals surface area contributed by atoms with Gasteiger partial charge in [0, 0.05) is 48.1 Å². The number of hydrazone groups is 1. The number of rotatable bonds is 7. The Bertz CT molecular complexity index is 711. The Morgan fingerprint density at radius 3 is 2.32 bits per heavy atom. The summed E-state index contributed by atoms with van der Waals surface area (Å²) in [5.41, 5.74) is -4.14. The minimum absolute atomic E-state index is 0.225. The standard InChI is InChI=1S/C16H22BrF5N4OS/c1-14(2,3)28(27)25-15(9-18,11-6-10(17)8-23-13(11)19)7-12(16(20,21)22)24-26(4)5/h6,8,25H,7,9H2,1-5H3. The molecule has 0 aliphatic heterocycles. The van der Waals surface area contributed by atoms with E-state index in [0.717, 1.165) is 17.3 Å². The molecule has 1 rings (SSSR count). The van der Waals surface area contributed by atoms with Crippen molar-refractivity contribution in [3.05, 3.63) is 28.2 Å². The number of hydrogen-bond acceptors (Lipinski definition) is 5. The number of hydrogen-bond donors (Lipinski definition) is 1. The first kappa shape index (κ1) is 25.1. The Kier molecular flexibility index (Phi) is 8.26. The van der Waals surface area contributed by atoms with Crippen molar-refractivity contribution in [3.63, 3.8) is 0 Å². The van der Waals surface area contributed by atoms with Crippen LogP contribution >= 0.6 is 15.9 Å². The van der Waals surface area contributed by atoms with Crippen molar-refractivity contribution in [2.24, 2.45) is 5.10 Å². The molecule has 160 valence electrons. The summed E-state index contributed by atoms with van der Waals surface area (Å²) < 4.78 is 83.5. The molecule has 0 saturated carbocycles. The molecule has 1 heterocycles. The molecule has 0 amide bonds. The fourth-order valence-corrected chi connectivity index (χ4v) is 3.37. The molecule has 2 unspecified atom stereocenters. The van der Waals surface area contributed by atoms with Gasteiger partial charge in [0.05, 0.1) is 0 Å². The third-order valence-electron chi connectivity index (χ3n) is 3.51. The van der Waals surface area contributed by atoms with Crippen molar-refractivity contribution < 1.29 is 26.5 Å². The Hall–Kier alpha value is -0.980. The molecule has 0 aromatic carbocycles. The first-order chi connectivity index (χ1) is 12.6. The Balaban J connectivity index is 3.63. The quantitative estimate of drug-likeness (QED) is 0.205. The van der Waals surface area contributed by atoms with Crippen LogP contribution in [0.1, 0.15) is 32.8 Å². The van der Waals surface area contributed by atoms with Crippen LogP contribution in [-0.4, -0.2) is 52.0 Å². The largest absolute Gasteiger partial charge is 0.598 e. The zero-order valence-electron chi connectivity index (χ0n) is 16.0. The Labute approximate surface area is 172 Å². The van der Waals surface area contributed by atoms with Crippen LogP contribution in [0.25, 0.3) is 0 Å². The average molecular weight is 493 g/mol. The zero-order valence-corrected chi connectivity index (χ0v) is 18.4. The molecular formula is C16H22BrF5N4OS. The molecule has 1 aromatic heterocycles. The van der Waals surface area contributed by atoms with Crippen molar-refractivity contribution >= 4 is 33.0 Å². The van der Waals surface area contributed by atoms with Crippen LogP contribution in [0.4, 0.5) is 22.0 Å². The van der Waals surface area contributed by atoms with E-state index >= 15 is 0 Å². The maximum Gasteiger partial charge on any atom is 0.431 e. The second-order valence-corrected chi connectivity index (χ2v) is 10.1. The second-order valence-electron chi connectivity index (χ2n) is 7.26. The van der Waals surface area contributed by atoms with E-state index in [1.165, 1.54) is 14.1 Å². The highest BCUT2D eigenvalue weighted by molar-refractivity contribution is 9.10. The molecule has 0 bridgehead atoms. The van der Waals surface area contributed by atoms with E-state index in [9.17, 15) is 26.5 Å². The first-order valence-corrected chi connectivity index (χ1v) is 9.96. The molecule has 28 heavy (non-hydrogen) atoms. The highest BCUT2D eigenvalue weighted by atomic mass is 79.9. The molecule has 0 saturated heterocycles. The SMILES string of the molecule is CN(C)N=C(CC(CF)(N[S+]([O-])C(C)(C)C)c1cc(Br)cnc1F)C(F)(F)F. The lowest BCUT2D eigenvalue weighted by Crippen LogP contribution is -2.55. The molecule has 1 aromatic rings. The van der Waals surface area contributed by atoms with Gasteiger partial charge < -0.3 is 9.56 Å². The predicted octanol–water partition coefficient (Wildman–Crippen LogP) is 4.07. The van der Waals surface area contributed by atoms with Gasteiger partial charge in [-0.15, -0.1) is 4.72 Å². The summed E-state index contributed by atoms with van der Waals surface area (Å²) in [7, 11) is 2.54. The number of pyridine rings is 1. The molecule has 5 nitrogen and oxygen atoms in total. The van der Waals surface area contributed by atoms with E-state index in [0.29, 0.717) is 0 Å². The molecule has 12 heteroatoms. The Morgan fingerprint density at radius 1 is 1.32 bits per heavy atom. The Morgan fingerprint density at radius 2 is 1.89 bits per heavy atom. The van der Waals surface area contributed by atoms with E-state index in [2.05, 4.69) is 30.7 Å². The van der Waals surface area contributed by atoms with Gasteiger partial charge >= 0.3 is 6.18 Å². The molecule has 0 spiro atoms. The van der Waals surface area contributed by atoms with Gasteiger partial charge in [0.25, 0.3) is 0 Å². The number of halogens is 6. The summed E-state index contributed by atoms with van der Waals surface area (Å²) >= 11 is 1.04. The maximum atomic E-state index is 14.4. The van der Waals surface area contributed by atoms with E-state index in [-0.39, 0.29) is 4.47 Å². The summed E-state index contributed by atoms with van der Waals surface area (Å²) in [4.78, 5) is 3.44. The van der Waals surface area contributed by atoms with E-state index in [4.69, 9.17) is 0 Å². The summed E-state index contributed by atoms with van der Waals surface area (Å²) in [5.74, 6) is -1.18. The fourth-order valence-electron chi connectivity index (χ4n) is 2.14. The minimum Gasteiger partial charge on any atom is -0.598 e. The van der Waals surface area contributed by atoms with Crippen LogP contribution in [0.5, 0.6) is 0 Å². The number of alkyl halides is 4. The van der Waals surface area contributed by atoms with Crippen LogP contribution in [0.2, 0.25) is 0 Å². The first-order valence-electron chi connectivity index (χ1n) is 8.01. The summed E-state index contributed by atoms with van der Waals surface area (Å²) in [6.07, 6.45) is -4.92. The van der Waals surface area contributed by atoms with Gasteiger partial charge in [0.2, 0.25) is 5.95 Å². The lowest BCUT2D eigenvalue weighted by atomic mass is 9.87. The minimum atomic E-state index is -4.91. The van der Waals surface area contributed by atoms with Gasteiger partial charge in [0.15, 0.2) is 0 Å². The van der Waals surface area contributed by atoms with Crippen LogP contribution in [0, 0.1) is 5.95 Å². The normalized spacial score (nSPS) is 16.6. The van der Waals surface area contributed by atoms with Crippen molar-refractivity contribution in [1.29, 1.82) is 0 Å². The lowest BCUT2D eigenvalue weighted by molar-refractivity contribution is -0.0631. The van der Waals surface area contributed by atoms with Crippen molar-refractivity contribution in [3.8, 4) is 0 Å². The molecular weight excluding hydrogens is 471 g/mol. The van der Waals surface area contributed by atoms with Crippen LogP contribution in [-0.2, 0) is 16.9 Å². The van der Waals surface area contributed by atoms with Gasteiger partial charge in [-0.1, -0.05) is 0 Å². The van der Waals surface area contributed by atoms with Gasteiger partial charge in [-0.05, 0) is 42.8 Å². The number of nitrogens with zero attached hydrogens (tertiary/aromatic N) is 3. The molecule has 0 radical (unpaired) electrons. The topological polar surface area (TPSA) is 63.6 Å². The molecule has 0 aliphatic rings. The van der Waals surface area contributed by atoms with Crippen LogP contribution < -0.4 is 4.72 Å². The highest BCUT2D eigenvalue weighted by Crippen LogP contribution is 2.35. The lowest BCUT2D eigenvalue weighted by Gasteiger charge is -2.36. The number of aromatic nitrogens is 1. The molecule has 1 N–H and O–H groups in total. The van der Waals surface area contributed by atoms with E-state index < -0.39 is 58.1 Å². The third-order valence-corrected chi connectivity index (χ3v) is 5.63. The zero-order chi connectivity index (χ0) is 21.9. The van der Waals surface area contributed by atoms with Crippen molar-refractivity contribution in [1.82, 2.24) is 14.7 Å². The van der Waals surface area contributed by atoms with Crippen LogP contribution in [0.15, 0.2) is 21.8 Å². The van der Waals surface area contributed by atoms with Gasteiger partial charge in [-0.2, -0.15) is 22.7 Å². The number of nitrogens with one attached hydrogen (secondary N) is 1. The predicted molar refractivity (Wildman–Crippen MR) is 102 cm³/mol. The summed E-state index contributed by atoms with van der Waals surface area (Å²) in [5, 5.41) is 4.30. The van der Waals surface area contributed by atoms with Crippen molar-refractivity contribution in [2.75, 3.05) is 20.8 Å². The monoisotopic (exact) mass is 492 g/mol. The van der Waals surface area contributed by atoms with Gasteiger partial charge in [0.1, 0.15) is 22.7 Å². The fraction of sp³-hybridized carbons (Fsp3) is 0.625. The average Bonchev–Trinajstić information content (AvgIpc) is 2.53. The third kappa shape index (κ3) is 6.53. The summed E-state index contributed by atoms with van der Waals surface area (Å²) in [6.45, 7) is 3.17. The van der Waals surface area contributed by atoms with Crippen LogP contribution in [0.3, 0.4) is 0 Å². The van der Waals surface area contributed by atoms with E-state index in [1.807, 2.05) is 0 Å². The van der Waals surface area contributed by atoms with E-state index in [1.54, 1.807) is 20.8 Å². The highest BCUT2D eigenvalue weighted by Gasteiger charge is 2.49. The molecule has 0 aliphatic carbocycles. The van der Waals surface area contributed by atoms with Gasteiger partial charge in [-0.25, -0.2) is 9.37 Å². The summed E-state index contributed by atoms with van der Waals surface area (Å²) in [6, 6.07) is 1.11. The second kappa shape index (κ2) is 9.23. The molecule has 2 atom stereocenters.